The second-order valence-corrected chi connectivity index (χ2v) is 4.63. The van der Waals surface area contributed by atoms with Crippen LogP contribution in [0, 0.1) is 0 Å². The number of aromatic nitrogens is 2. The third-order valence-corrected chi connectivity index (χ3v) is 2.95. The lowest BCUT2D eigenvalue weighted by Crippen LogP contribution is -2.17. The SMILES string of the molecule is CC(C)c1ccc(-c2cnn(C)c(=O)c2)cc1O. The lowest BCUT2D eigenvalue weighted by molar-refractivity contribution is 0.465. The van der Waals surface area contributed by atoms with Gasteiger partial charge in [-0.15, -0.1) is 0 Å². The number of aromatic hydroxyl groups is 1. The molecule has 4 nitrogen and oxygen atoms in total. The predicted octanol–water partition coefficient (Wildman–Crippen LogP) is 2.28. The van der Waals surface area contributed by atoms with E-state index in [1.54, 1.807) is 19.3 Å². The molecule has 0 saturated carbocycles. The number of nitrogens with zero attached hydrogens (tertiary/aromatic N) is 2. The first-order valence-corrected chi connectivity index (χ1v) is 5.85. The predicted molar refractivity (Wildman–Crippen MR) is 70.7 cm³/mol. The summed E-state index contributed by atoms with van der Waals surface area (Å²) in [5, 5.41) is 13.9. The fourth-order valence-corrected chi connectivity index (χ4v) is 1.84. The van der Waals surface area contributed by atoms with Gasteiger partial charge in [0.05, 0.1) is 6.20 Å². The minimum atomic E-state index is -0.167. The van der Waals surface area contributed by atoms with E-state index >= 15 is 0 Å². The highest BCUT2D eigenvalue weighted by atomic mass is 16.3. The summed E-state index contributed by atoms with van der Waals surface area (Å²) < 4.78 is 1.27. The van der Waals surface area contributed by atoms with Crippen molar-refractivity contribution in [3.8, 4) is 16.9 Å². The van der Waals surface area contributed by atoms with Crippen molar-refractivity contribution in [3.63, 3.8) is 0 Å². The van der Waals surface area contributed by atoms with Gasteiger partial charge < -0.3 is 5.11 Å². The Labute approximate surface area is 106 Å². The molecule has 2 aromatic rings. The van der Waals surface area contributed by atoms with Crippen LogP contribution >= 0.6 is 0 Å². The molecule has 0 amide bonds. The van der Waals surface area contributed by atoms with E-state index in [9.17, 15) is 9.90 Å². The molecular weight excluding hydrogens is 228 g/mol. The molecule has 1 N–H and O–H groups in total. The van der Waals surface area contributed by atoms with Crippen LogP contribution in [0.2, 0.25) is 0 Å². The van der Waals surface area contributed by atoms with Crippen molar-refractivity contribution in [2.24, 2.45) is 7.05 Å². The van der Waals surface area contributed by atoms with Crippen LogP contribution < -0.4 is 5.56 Å². The second kappa shape index (κ2) is 4.64. The number of benzene rings is 1. The van der Waals surface area contributed by atoms with Crippen LogP contribution in [0.15, 0.2) is 35.3 Å². The molecular formula is C14H16N2O2. The van der Waals surface area contributed by atoms with Gasteiger partial charge in [0.2, 0.25) is 0 Å². The van der Waals surface area contributed by atoms with Crippen molar-refractivity contribution in [2.75, 3.05) is 0 Å². The molecule has 0 aliphatic rings. The van der Waals surface area contributed by atoms with Crippen LogP contribution in [-0.2, 0) is 7.05 Å². The number of hydrogen-bond donors (Lipinski definition) is 1. The van der Waals surface area contributed by atoms with Crippen molar-refractivity contribution in [3.05, 3.63) is 46.4 Å². The Balaban J connectivity index is 2.49. The molecule has 0 bridgehead atoms. The molecule has 0 unspecified atom stereocenters. The van der Waals surface area contributed by atoms with Gasteiger partial charge in [0.15, 0.2) is 0 Å². The number of phenolic OH excluding ortho intramolecular Hbond substituents is 1. The summed E-state index contributed by atoms with van der Waals surface area (Å²) in [7, 11) is 1.60. The van der Waals surface area contributed by atoms with Crippen molar-refractivity contribution < 1.29 is 5.11 Å². The minimum absolute atomic E-state index is 0.167. The largest absolute Gasteiger partial charge is 0.508 e. The molecule has 1 aromatic carbocycles. The van der Waals surface area contributed by atoms with Gasteiger partial charge in [-0.05, 0) is 23.1 Å². The van der Waals surface area contributed by atoms with E-state index in [1.165, 1.54) is 10.7 Å². The topological polar surface area (TPSA) is 55.1 Å². The first kappa shape index (κ1) is 12.4. The van der Waals surface area contributed by atoms with Crippen LogP contribution in [0.5, 0.6) is 5.75 Å². The summed E-state index contributed by atoms with van der Waals surface area (Å²) in [6.07, 6.45) is 1.62. The second-order valence-electron chi connectivity index (χ2n) is 4.63. The molecule has 0 aliphatic heterocycles. The molecule has 94 valence electrons. The highest BCUT2D eigenvalue weighted by molar-refractivity contribution is 5.64. The molecule has 18 heavy (non-hydrogen) atoms. The number of hydrogen-bond acceptors (Lipinski definition) is 3. The molecule has 1 heterocycles. The third-order valence-electron chi connectivity index (χ3n) is 2.95. The first-order valence-electron chi connectivity index (χ1n) is 5.85. The highest BCUT2D eigenvalue weighted by Crippen LogP contribution is 2.29. The van der Waals surface area contributed by atoms with Crippen molar-refractivity contribution in [1.29, 1.82) is 0 Å². The summed E-state index contributed by atoms with van der Waals surface area (Å²) >= 11 is 0. The zero-order valence-corrected chi connectivity index (χ0v) is 10.7. The lowest BCUT2D eigenvalue weighted by atomic mass is 9.98. The zero-order valence-electron chi connectivity index (χ0n) is 10.7. The Morgan fingerprint density at radius 1 is 1.22 bits per heavy atom. The Morgan fingerprint density at radius 2 is 1.94 bits per heavy atom. The third kappa shape index (κ3) is 2.27. The number of rotatable bonds is 2. The van der Waals surface area contributed by atoms with Gasteiger partial charge in [-0.3, -0.25) is 4.79 Å². The smallest absolute Gasteiger partial charge is 0.267 e. The van der Waals surface area contributed by atoms with Crippen LogP contribution in [0.1, 0.15) is 25.3 Å². The van der Waals surface area contributed by atoms with Crippen molar-refractivity contribution >= 4 is 0 Å². The zero-order chi connectivity index (χ0) is 13.3. The molecule has 0 saturated heterocycles. The Bertz CT molecular complexity index is 630. The molecule has 0 spiro atoms. The normalized spacial score (nSPS) is 10.9. The van der Waals surface area contributed by atoms with E-state index in [0.717, 1.165) is 11.1 Å². The monoisotopic (exact) mass is 244 g/mol. The van der Waals surface area contributed by atoms with Crippen LogP contribution in [0.4, 0.5) is 0 Å². The van der Waals surface area contributed by atoms with E-state index in [1.807, 2.05) is 26.0 Å². The fourth-order valence-electron chi connectivity index (χ4n) is 1.84. The van der Waals surface area contributed by atoms with Gasteiger partial charge in [-0.1, -0.05) is 26.0 Å². The van der Waals surface area contributed by atoms with Gasteiger partial charge in [0.1, 0.15) is 5.75 Å². The average molecular weight is 244 g/mol. The Hall–Kier alpha value is -2.10. The highest BCUT2D eigenvalue weighted by Gasteiger charge is 2.08. The Morgan fingerprint density at radius 3 is 2.50 bits per heavy atom. The molecule has 4 heteroatoms. The van der Waals surface area contributed by atoms with Gasteiger partial charge >= 0.3 is 0 Å². The van der Waals surface area contributed by atoms with Crippen molar-refractivity contribution in [2.45, 2.75) is 19.8 Å². The summed E-state index contributed by atoms with van der Waals surface area (Å²) in [5.74, 6) is 0.518. The summed E-state index contributed by atoms with van der Waals surface area (Å²) in [6.45, 7) is 4.04. The number of aryl methyl sites for hydroxylation is 1. The van der Waals surface area contributed by atoms with Gasteiger partial charge in [0.25, 0.3) is 5.56 Å². The van der Waals surface area contributed by atoms with Crippen LogP contribution in [0.3, 0.4) is 0 Å². The maximum atomic E-state index is 11.5. The average Bonchev–Trinajstić information content (AvgIpc) is 2.32. The van der Waals surface area contributed by atoms with Gasteiger partial charge in [-0.25, -0.2) is 4.68 Å². The van der Waals surface area contributed by atoms with E-state index in [4.69, 9.17) is 0 Å². The van der Waals surface area contributed by atoms with Crippen LogP contribution in [0.25, 0.3) is 11.1 Å². The van der Waals surface area contributed by atoms with E-state index < -0.39 is 0 Å². The van der Waals surface area contributed by atoms with E-state index in [2.05, 4.69) is 5.10 Å². The molecule has 0 radical (unpaired) electrons. The molecule has 2 rings (SSSR count). The number of phenols is 1. The van der Waals surface area contributed by atoms with Gasteiger partial charge in [-0.2, -0.15) is 5.10 Å². The fraction of sp³-hybridized carbons (Fsp3) is 0.286. The standard InChI is InChI=1S/C14H16N2O2/c1-9(2)12-5-4-10(6-13(12)17)11-7-14(18)16(3)15-8-11/h4-9,17H,1-3H3. The minimum Gasteiger partial charge on any atom is -0.508 e. The summed E-state index contributed by atoms with van der Waals surface area (Å²) in [4.78, 5) is 11.5. The molecule has 0 atom stereocenters. The summed E-state index contributed by atoms with van der Waals surface area (Å²) in [5.41, 5.74) is 2.24. The first-order chi connectivity index (χ1) is 8.49. The maximum absolute atomic E-state index is 11.5. The van der Waals surface area contributed by atoms with E-state index in [-0.39, 0.29) is 17.2 Å². The Kier molecular flexibility index (Phi) is 3.19. The molecule has 1 aromatic heterocycles. The van der Waals surface area contributed by atoms with Crippen molar-refractivity contribution in [1.82, 2.24) is 9.78 Å². The molecule has 0 fully saturated rings. The van der Waals surface area contributed by atoms with Crippen LogP contribution in [-0.4, -0.2) is 14.9 Å². The maximum Gasteiger partial charge on any atom is 0.267 e. The van der Waals surface area contributed by atoms with Gasteiger partial charge in [0, 0.05) is 18.7 Å². The van der Waals surface area contributed by atoms with E-state index in [0.29, 0.717) is 5.56 Å². The summed E-state index contributed by atoms with van der Waals surface area (Å²) in [6, 6.07) is 6.96. The molecule has 0 aliphatic carbocycles. The quantitative estimate of drug-likeness (QED) is 0.881. The lowest BCUT2D eigenvalue weighted by Gasteiger charge is -2.10.